The second kappa shape index (κ2) is 5.90. The van der Waals surface area contributed by atoms with Crippen LogP contribution in [-0.4, -0.2) is 23.1 Å². The van der Waals surface area contributed by atoms with Crippen molar-refractivity contribution in [2.75, 3.05) is 7.11 Å². The van der Waals surface area contributed by atoms with Gasteiger partial charge in [-0.15, -0.1) is 0 Å². The van der Waals surface area contributed by atoms with Crippen molar-refractivity contribution < 1.29 is 19.6 Å². The summed E-state index contributed by atoms with van der Waals surface area (Å²) >= 11 is 0. The molecule has 0 aromatic heterocycles. The molecule has 1 N–H and O–H groups in total. The van der Waals surface area contributed by atoms with Crippen LogP contribution in [0.5, 0.6) is 5.75 Å². The molecule has 1 aromatic rings. The number of hydrogen-bond donors (Lipinski definition) is 1. The van der Waals surface area contributed by atoms with E-state index in [1.54, 1.807) is 0 Å². The molecule has 0 radical (unpaired) electrons. The zero-order chi connectivity index (χ0) is 15.5. The van der Waals surface area contributed by atoms with Gasteiger partial charge in [-0.25, -0.2) is 0 Å². The molecule has 1 rings (SSSR count). The minimum Gasteiger partial charge on any atom is -0.496 e. The minimum atomic E-state index is -0.925. The number of non-ortho nitro benzene ring substituents is 1. The second-order valence-corrected chi connectivity index (χ2v) is 5.71. The van der Waals surface area contributed by atoms with Crippen LogP contribution in [0.25, 0.3) is 0 Å². The third kappa shape index (κ3) is 3.69. The molecule has 0 fully saturated rings. The van der Waals surface area contributed by atoms with Crippen LogP contribution in [0.1, 0.15) is 26.3 Å². The molecule has 0 heterocycles. The van der Waals surface area contributed by atoms with Gasteiger partial charge >= 0.3 is 5.97 Å². The Labute approximate surface area is 117 Å². The SMILES string of the molecule is COc1ccc([N+](=O)[O-])cc1CC(C(=O)O)C(C)(C)C. The summed E-state index contributed by atoms with van der Waals surface area (Å²) in [5.41, 5.74) is 0.00411. The molecule has 6 heteroatoms. The summed E-state index contributed by atoms with van der Waals surface area (Å²) in [7, 11) is 1.46. The highest BCUT2D eigenvalue weighted by atomic mass is 16.6. The first-order chi connectivity index (χ1) is 9.16. The summed E-state index contributed by atoms with van der Waals surface area (Å²) in [6, 6.07) is 4.21. The van der Waals surface area contributed by atoms with E-state index in [0.717, 1.165) is 0 Å². The maximum atomic E-state index is 11.4. The lowest BCUT2D eigenvalue weighted by atomic mass is 9.77. The standard InChI is InChI=1S/C14H19NO5/c1-14(2,3)11(13(16)17)8-9-7-10(15(18)19)5-6-12(9)20-4/h5-7,11H,8H2,1-4H3,(H,16,17). The molecule has 0 aliphatic carbocycles. The monoisotopic (exact) mass is 281 g/mol. The normalized spacial score (nSPS) is 12.8. The van der Waals surface area contributed by atoms with Crippen LogP contribution in [0, 0.1) is 21.4 Å². The summed E-state index contributed by atoms with van der Waals surface area (Å²) in [5, 5.41) is 20.2. The predicted molar refractivity (Wildman–Crippen MR) is 73.9 cm³/mol. The van der Waals surface area contributed by atoms with Gasteiger partial charge in [0, 0.05) is 17.7 Å². The summed E-state index contributed by atoms with van der Waals surface area (Å²) in [5.74, 6) is -1.12. The van der Waals surface area contributed by atoms with Crippen molar-refractivity contribution >= 4 is 11.7 Å². The molecule has 1 aromatic carbocycles. The molecular weight excluding hydrogens is 262 g/mol. The van der Waals surface area contributed by atoms with Crippen LogP contribution < -0.4 is 4.74 Å². The lowest BCUT2D eigenvalue weighted by Crippen LogP contribution is -2.30. The molecule has 6 nitrogen and oxygen atoms in total. The molecule has 0 aliphatic heterocycles. The molecule has 0 saturated heterocycles. The van der Waals surface area contributed by atoms with Crippen molar-refractivity contribution in [2.24, 2.45) is 11.3 Å². The van der Waals surface area contributed by atoms with Gasteiger partial charge in [-0.3, -0.25) is 14.9 Å². The number of carboxylic acid groups (broad SMARTS) is 1. The molecule has 0 bridgehead atoms. The molecule has 1 atom stereocenters. The first-order valence-corrected chi connectivity index (χ1v) is 6.21. The largest absolute Gasteiger partial charge is 0.496 e. The first-order valence-electron chi connectivity index (χ1n) is 6.21. The third-order valence-electron chi connectivity index (χ3n) is 3.24. The van der Waals surface area contributed by atoms with Gasteiger partial charge in [0.05, 0.1) is 18.0 Å². The molecule has 0 spiro atoms. The quantitative estimate of drug-likeness (QED) is 0.662. The second-order valence-electron chi connectivity index (χ2n) is 5.71. The Balaban J connectivity index is 3.20. The number of methoxy groups -OCH3 is 1. The molecule has 0 saturated carbocycles. The van der Waals surface area contributed by atoms with E-state index in [1.807, 2.05) is 20.8 Å². The Hall–Kier alpha value is -2.11. The van der Waals surface area contributed by atoms with E-state index >= 15 is 0 Å². The van der Waals surface area contributed by atoms with Crippen molar-refractivity contribution in [3.05, 3.63) is 33.9 Å². The Morgan fingerprint density at radius 1 is 1.45 bits per heavy atom. The highest BCUT2D eigenvalue weighted by Crippen LogP contribution is 2.33. The van der Waals surface area contributed by atoms with Gasteiger partial charge in [0.15, 0.2) is 0 Å². The molecule has 1 unspecified atom stereocenters. The third-order valence-corrected chi connectivity index (χ3v) is 3.24. The lowest BCUT2D eigenvalue weighted by Gasteiger charge is -2.27. The average Bonchev–Trinajstić information content (AvgIpc) is 2.33. The number of hydrogen-bond acceptors (Lipinski definition) is 4. The maximum absolute atomic E-state index is 11.4. The first kappa shape index (κ1) is 15.9. The van der Waals surface area contributed by atoms with Gasteiger partial charge in [-0.05, 0) is 17.9 Å². The number of benzene rings is 1. The molecule has 110 valence electrons. The molecular formula is C14H19NO5. The van der Waals surface area contributed by atoms with Crippen molar-refractivity contribution in [3.8, 4) is 5.75 Å². The highest BCUT2D eigenvalue weighted by Gasteiger charge is 2.32. The number of ether oxygens (including phenoxy) is 1. The fourth-order valence-electron chi connectivity index (χ4n) is 2.02. The maximum Gasteiger partial charge on any atom is 0.307 e. The van der Waals surface area contributed by atoms with Crippen LogP contribution >= 0.6 is 0 Å². The van der Waals surface area contributed by atoms with Crippen LogP contribution in [-0.2, 0) is 11.2 Å². The van der Waals surface area contributed by atoms with Crippen molar-refractivity contribution in [1.82, 2.24) is 0 Å². The Kier molecular flexibility index (Phi) is 4.70. The minimum absolute atomic E-state index is 0.0705. The highest BCUT2D eigenvalue weighted by molar-refractivity contribution is 5.71. The van der Waals surface area contributed by atoms with Crippen LogP contribution in [0.4, 0.5) is 5.69 Å². The smallest absolute Gasteiger partial charge is 0.307 e. The van der Waals surface area contributed by atoms with E-state index in [2.05, 4.69) is 0 Å². The number of nitro groups is 1. The Morgan fingerprint density at radius 2 is 2.05 bits per heavy atom. The fourth-order valence-corrected chi connectivity index (χ4v) is 2.02. The van der Waals surface area contributed by atoms with Crippen LogP contribution in [0.3, 0.4) is 0 Å². The molecule has 0 amide bonds. The van der Waals surface area contributed by atoms with E-state index in [-0.39, 0.29) is 12.1 Å². The number of aliphatic carboxylic acids is 1. The van der Waals surface area contributed by atoms with E-state index in [4.69, 9.17) is 4.74 Å². The number of carboxylic acids is 1. The topological polar surface area (TPSA) is 89.7 Å². The Morgan fingerprint density at radius 3 is 2.45 bits per heavy atom. The lowest BCUT2D eigenvalue weighted by molar-refractivity contribution is -0.384. The van der Waals surface area contributed by atoms with E-state index < -0.39 is 22.2 Å². The number of nitro benzene ring substituents is 1. The van der Waals surface area contributed by atoms with Gasteiger partial charge in [-0.1, -0.05) is 20.8 Å². The number of nitrogens with zero attached hydrogens (tertiary/aromatic N) is 1. The van der Waals surface area contributed by atoms with Crippen LogP contribution in [0.2, 0.25) is 0 Å². The predicted octanol–water partition coefficient (Wildman–Crippen LogP) is 2.89. The van der Waals surface area contributed by atoms with Crippen molar-refractivity contribution in [3.63, 3.8) is 0 Å². The summed E-state index contributed by atoms with van der Waals surface area (Å²) in [6.07, 6.45) is 0.184. The summed E-state index contributed by atoms with van der Waals surface area (Å²) in [4.78, 5) is 21.7. The van der Waals surface area contributed by atoms with Gasteiger partial charge in [-0.2, -0.15) is 0 Å². The zero-order valence-electron chi connectivity index (χ0n) is 12.0. The number of rotatable bonds is 5. The number of carbonyl (C=O) groups is 1. The van der Waals surface area contributed by atoms with Crippen molar-refractivity contribution in [2.45, 2.75) is 27.2 Å². The average molecular weight is 281 g/mol. The van der Waals surface area contributed by atoms with E-state index in [1.165, 1.54) is 25.3 Å². The Bertz CT molecular complexity index is 519. The van der Waals surface area contributed by atoms with Gasteiger partial charge in [0.25, 0.3) is 5.69 Å². The van der Waals surface area contributed by atoms with Gasteiger partial charge < -0.3 is 9.84 Å². The fraction of sp³-hybridized carbons (Fsp3) is 0.500. The van der Waals surface area contributed by atoms with Gasteiger partial charge in [0.1, 0.15) is 5.75 Å². The van der Waals surface area contributed by atoms with Crippen molar-refractivity contribution in [1.29, 1.82) is 0 Å². The van der Waals surface area contributed by atoms with E-state index in [9.17, 15) is 20.0 Å². The molecule has 0 aliphatic rings. The zero-order valence-corrected chi connectivity index (χ0v) is 12.0. The summed E-state index contributed by atoms with van der Waals surface area (Å²) in [6.45, 7) is 5.49. The van der Waals surface area contributed by atoms with Gasteiger partial charge in [0.2, 0.25) is 0 Å². The van der Waals surface area contributed by atoms with E-state index in [0.29, 0.717) is 11.3 Å². The van der Waals surface area contributed by atoms with Crippen LogP contribution in [0.15, 0.2) is 18.2 Å². The summed E-state index contributed by atoms with van der Waals surface area (Å²) < 4.78 is 5.16. The molecule has 20 heavy (non-hydrogen) atoms.